The SMILES string of the molecule is CC(C)(C)NCC(O)COc1cc(Cl)ccc1Cl.C[C@H](CCc1ccccc1)NC[C@H](O)c1ccc(O)c(C(N)=O)c1. The van der Waals surface area contributed by atoms with Crippen molar-refractivity contribution in [2.45, 2.75) is 64.3 Å². The lowest BCUT2D eigenvalue weighted by Crippen LogP contribution is -2.42. The average molecular weight is 621 g/mol. The minimum absolute atomic E-state index is 0.0173. The Morgan fingerprint density at radius 3 is 2.33 bits per heavy atom. The quantitative estimate of drug-likeness (QED) is 0.153. The molecule has 0 spiro atoms. The Morgan fingerprint density at radius 1 is 1.00 bits per heavy atom. The third-order valence-electron chi connectivity index (χ3n) is 6.23. The first kappa shape index (κ1) is 35.3. The van der Waals surface area contributed by atoms with Crippen LogP contribution in [0.3, 0.4) is 0 Å². The number of benzene rings is 3. The van der Waals surface area contributed by atoms with Crippen LogP contribution in [0.4, 0.5) is 0 Å². The molecule has 7 N–H and O–H groups in total. The summed E-state index contributed by atoms with van der Waals surface area (Å²) in [4.78, 5) is 11.2. The zero-order chi connectivity index (χ0) is 31.3. The number of aliphatic hydroxyl groups is 2. The van der Waals surface area contributed by atoms with Crippen LogP contribution in [0.5, 0.6) is 11.5 Å². The fraction of sp³-hybridized carbons (Fsp3) is 0.406. The number of hydrogen-bond donors (Lipinski definition) is 6. The number of aryl methyl sites for hydroxylation is 1. The summed E-state index contributed by atoms with van der Waals surface area (Å²) in [5, 5.41) is 37.1. The molecule has 10 heteroatoms. The summed E-state index contributed by atoms with van der Waals surface area (Å²) in [5.41, 5.74) is 7.02. The van der Waals surface area contributed by atoms with Gasteiger partial charge in [-0.1, -0.05) is 59.6 Å². The van der Waals surface area contributed by atoms with Gasteiger partial charge in [-0.05, 0) is 75.9 Å². The fourth-order valence-corrected chi connectivity index (χ4v) is 4.11. The number of aliphatic hydroxyl groups excluding tert-OH is 2. The van der Waals surface area contributed by atoms with Crippen molar-refractivity contribution >= 4 is 29.1 Å². The number of hydrogen-bond acceptors (Lipinski definition) is 7. The number of ether oxygens (including phenoxy) is 1. The molecule has 0 aliphatic carbocycles. The van der Waals surface area contributed by atoms with E-state index in [-0.39, 0.29) is 29.5 Å². The van der Waals surface area contributed by atoms with Crippen LogP contribution in [0, 0.1) is 0 Å². The minimum Gasteiger partial charge on any atom is -0.507 e. The zero-order valence-corrected chi connectivity index (χ0v) is 26.1. The van der Waals surface area contributed by atoms with E-state index < -0.39 is 18.1 Å². The van der Waals surface area contributed by atoms with Crippen molar-refractivity contribution in [3.05, 3.63) is 93.5 Å². The van der Waals surface area contributed by atoms with Gasteiger partial charge in [-0.25, -0.2) is 0 Å². The number of primary amides is 1. The van der Waals surface area contributed by atoms with Gasteiger partial charge in [-0.15, -0.1) is 0 Å². The van der Waals surface area contributed by atoms with E-state index in [0.29, 0.717) is 34.4 Å². The van der Waals surface area contributed by atoms with Crippen LogP contribution in [0.15, 0.2) is 66.7 Å². The molecule has 0 aromatic heterocycles. The summed E-state index contributed by atoms with van der Waals surface area (Å²) in [6.07, 6.45) is 0.553. The summed E-state index contributed by atoms with van der Waals surface area (Å²) in [5.74, 6) is -0.410. The molecule has 3 rings (SSSR count). The van der Waals surface area contributed by atoms with Gasteiger partial charge in [-0.2, -0.15) is 0 Å². The Labute approximate surface area is 258 Å². The van der Waals surface area contributed by atoms with Gasteiger partial charge in [0.25, 0.3) is 5.91 Å². The molecule has 3 aromatic carbocycles. The normalized spacial score (nSPS) is 13.4. The van der Waals surface area contributed by atoms with Crippen molar-refractivity contribution in [3.8, 4) is 11.5 Å². The van der Waals surface area contributed by atoms with Crippen molar-refractivity contribution in [3.63, 3.8) is 0 Å². The first-order valence-corrected chi connectivity index (χ1v) is 14.6. The molecule has 0 heterocycles. The smallest absolute Gasteiger partial charge is 0.252 e. The summed E-state index contributed by atoms with van der Waals surface area (Å²) >= 11 is 11.8. The van der Waals surface area contributed by atoms with Crippen LogP contribution in [-0.4, -0.2) is 58.6 Å². The van der Waals surface area contributed by atoms with Crippen LogP contribution in [0.2, 0.25) is 10.0 Å². The molecule has 0 saturated heterocycles. The molecule has 0 radical (unpaired) electrons. The van der Waals surface area contributed by atoms with Gasteiger partial charge in [0.1, 0.15) is 24.2 Å². The standard InChI is InChI=1S/C19H24N2O3.C13H19Cl2NO2/c1-13(7-8-14-5-3-2-4-6-14)21-12-18(23)15-9-10-17(22)16(11-15)19(20)24;1-13(2,3)16-7-10(17)8-18-12-6-9(14)4-5-11(12)15/h2-6,9-11,13,18,21-23H,7-8,12H2,1H3,(H2,20,24);4-6,10,16-17H,7-8H2,1-3H3/t13-,18+;/m1./s1. The summed E-state index contributed by atoms with van der Waals surface area (Å²) in [7, 11) is 0. The number of aromatic hydroxyl groups is 1. The zero-order valence-electron chi connectivity index (χ0n) is 24.6. The molecule has 0 bridgehead atoms. The van der Waals surface area contributed by atoms with Gasteiger partial charge in [-0.3, -0.25) is 4.79 Å². The first-order valence-electron chi connectivity index (χ1n) is 13.8. The molecule has 0 saturated carbocycles. The van der Waals surface area contributed by atoms with Crippen LogP contribution in [0.25, 0.3) is 0 Å². The van der Waals surface area contributed by atoms with E-state index in [1.165, 1.54) is 17.7 Å². The third-order valence-corrected chi connectivity index (χ3v) is 6.78. The molecule has 0 aliphatic heterocycles. The van der Waals surface area contributed by atoms with Crippen molar-refractivity contribution in [2.24, 2.45) is 5.73 Å². The van der Waals surface area contributed by atoms with E-state index in [1.807, 2.05) is 39.0 Å². The largest absolute Gasteiger partial charge is 0.507 e. The Hall–Kier alpha value is -2.85. The molecule has 1 amide bonds. The Balaban J connectivity index is 0.000000307. The average Bonchev–Trinajstić information content (AvgIpc) is 2.94. The van der Waals surface area contributed by atoms with Crippen LogP contribution >= 0.6 is 23.2 Å². The number of rotatable bonds is 13. The van der Waals surface area contributed by atoms with Crippen LogP contribution in [-0.2, 0) is 6.42 Å². The Morgan fingerprint density at radius 2 is 1.69 bits per heavy atom. The minimum atomic E-state index is -0.775. The van der Waals surface area contributed by atoms with Crippen LogP contribution in [0.1, 0.15) is 61.7 Å². The number of nitrogens with one attached hydrogen (secondary N) is 2. The molecule has 8 nitrogen and oxygen atoms in total. The molecule has 42 heavy (non-hydrogen) atoms. The van der Waals surface area contributed by atoms with E-state index in [0.717, 1.165) is 12.8 Å². The summed E-state index contributed by atoms with van der Waals surface area (Å²) in [6, 6.07) is 19.9. The predicted molar refractivity (Wildman–Crippen MR) is 170 cm³/mol. The van der Waals surface area contributed by atoms with Gasteiger partial charge in [0.15, 0.2) is 0 Å². The maximum Gasteiger partial charge on any atom is 0.252 e. The maximum absolute atomic E-state index is 11.2. The lowest BCUT2D eigenvalue weighted by atomic mass is 10.0. The Bertz CT molecular complexity index is 1250. The highest BCUT2D eigenvalue weighted by atomic mass is 35.5. The summed E-state index contributed by atoms with van der Waals surface area (Å²) < 4.78 is 5.44. The number of β-amino-alcohol motifs (C(OH)–C–C–N with tert-alkyl or cyclic N) is 1. The highest BCUT2D eigenvalue weighted by molar-refractivity contribution is 6.34. The molecular formula is C32H43Cl2N3O5. The van der Waals surface area contributed by atoms with E-state index in [9.17, 15) is 20.1 Å². The molecule has 1 unspecified atom stereocenters. The first-order chi connectivity index (χ1) is 19.7. The topological polar surface area (TPSA) is 137 Å². The van der Waals surface area contributed by atoms with Crippen molar-refractivity contribution in [1.29, 1.82) is 0 Å². The van der Waals surface area contributed by atoms with Crippen molar-refractivity contribution in [2.75, 3.05) is 19.7 Å². The number of carbonyl (C=O) groups excluding carboxylic acids is 1. The molecular weight excluding hydrogens is 577 g/mol. The monoisotopic (exact) mass is 619 g/mol. The van der Waals surface area contributed by atoms with Crippen LogP contribution < -0.4 is 21.1 Å². The Kier molecular flexibility index (Phi) is 14.6. The molecule has 3 atom stereocenters. The second-order valence-corrected chi connectivity index (χ2v) is 12.0. The number of nitrogens with two attached hydrogens (primary N) is 1. The van der Waals surface area contributed by atoms with Gasteiger partial charge in [0, 0.05) is 35.8 Å². The van der Waals surface area contributed by atoms with Gasteiger partial charge in [0.05, 0.1) is 16.7 Å². The van der Waals surface area contributed by atoms with Crippen molar-refractivity contribution < 1.29 is 24.9 Å². The van der Waals surface area contributed by atoms with E-state index >= 15 is 0 Å². The van der Waals surface area contributed by atoms with Gasteiger partial charge in [0.2, 0.25) is 0 Å². The molecule has 3 aromatic rings. The molecule has 0 aliphatic rings. The number of carbonyl (C=O) groups is 1. The number of phenols is 1. The second-order valence-electron chi connectivity index (χ2n) is 11.2. The van der Waals surface area contributed by atoms with E-state index in [1.54, 1.807) is 24.3 Å². The van der Waals surface area contributed by atoms with E-state index in [2.05, 4.69) is 29.7 Å². The highest BCUT2D eigenvalue weighted by Gasteiger charge is 2.15. The molecule has 230 valence electrons. The number of amides is 1. The van der Waals surface area contributed by atoms with Crippen molar-refractivity contribution in [1.82, 2.24) is 10.6 Å². The second kappa shape index (κ2) is 17.3. The predicted octanol–water partition coefficient (Wildman–Crippen LogP) is 5.26. The highest BCUT2D eigenvalue weighted by Crippen LogP contribution is 2.27. The third kappa shape index (κ3) is 13.4. The summed E-state index contributed by atoms with van der Waals surface area (Å²) in [6.45, 7) is 9.17. The van der Waals surface area contributed by atoms with Gasteiger partial charge >= 0.3 is 0 Å². The maximum atomic E-state index is 11.2. The molecule has 0 fully saturated rings. The van der Waals surface area contributed by atoms with E-state index in [4.69, 9.17) is 33.7 Å². The number of halogens is 2. The lowest BCUT2D eigenvalue weighted by Gasteiger charge is -2.23. The lowest BCUT2D eigenvalue weighted by molar-refractivity contribution is 0.0996. The van der Waals surface area contributed by atoms with Gasteiger partial charge < -0.3 is 36.4 Å². The fourth-order valence-electron chi connectivity index (χ4n) is 3.78.